The number of pyridine rings is 2. The number of rotatable bonds is 2. The van der Waals surface area contributed by atoms with Gasteiger partial charge in [-0.05, 0) is 48.9 Å². The van der Waals surface area contributed by atoms with Gasteiger partial charge in [-0.1, -0.05) is 24.3 Å². The maximum atomic E-state index is 14.2. The highest BCUT2D eigenvalue weighted by molar-refractivity contribution is 6.08. The molecule has 0 aliphatic carbocycles. The molecule has 0 amide bonds. The molecule has 3 nitrogen and oxygen atoms in total. The molecule has 0 spiro atoms. The molecule has 5 rings (SSSR count). The molecular weight excluding hydrogens is 358 g/mol. The van der Waals surface area contributed by atoms with Crippen LogP contribution in [0.15, 0.2) is 71.3 Å². The molecule has 3 aromatic heterocycles. The van der Waals surface area contributed by atoms with E-state index in [2.05, 4.69) is 9.97 Å². The molecule has 28 heavy (non-hydrogen) atoms. The highest BCUT2D eigenvalue weighted by Gasteiger charge is 2.15. The number of hydrogen-bond donors (Lipinski definition) is 0. The van der Waals surface area contributed by atoms with Gasteiger partial charge in [-0.25, -0.2) is 13.8 Å². The number of aryl methyl sites for hydroxylation is 1. The van der Waals surface area contributed by atoms with Crippen molar-refractivity contribution in [3.8, 4) is 22.4 Å². The zero-order valence-electron chi connectivity index (χ0n) is 14.9. The van der Waals surface area contributed by atoms with Crippen LogP contribution in [-0.2, 0) is 0 Å². The fourth-order valence-corrected chi connectivity index (χ4v) is 3.45. The standard InChI is InChI=1S/C23H14F2N2O/c1-13-8-9-17-16-5-2-6-18(22(16)28-23(17)27-13)20-12-14(10-11-26-20)15-4-3-7-19(24)21(15)25/h2-12H,1H3. The molecule has 0 N–H and O–H groups in total. The molecule has 0 radical (unpaired) electrons. The summed E-state index contributed by atoms with van der Waals surface area (Å²) in [4.78, 5) is 8.88. The maximum Gasteiger partial charge on any atom is 0.227 e. The minimum Gasteiger partial charge on any atom is -0.437 e. The lowest BCUT2D eigenvalue weighted by atomic mass is 10.0. The van der Waals surface area contributed by atoms with Gasteiger partial charge < -0.3 is 4.42 Å². The zero-order chi connectivity index (χ0) is 19.3. The van der Waals surface area contributed by atoms with Gasteiger partial charge in [0.2, 0.25) is 5.71 Å². The first kappa shape index (κ1) is 16.6. The van der Waals surface area contributed by atoms with E-state index < -0.39 is 11.6 Å². The van der Waals surface area contributed by atoms with Crippen LogP contribution in [-0.4, -0.2) is 9.97 Å². The molecule has 0 unspecified atom stereocenters. The summed E-state index contributed by atoms with van der Waals surface area (Å²) in [5.74, 6) is -1.75. The van der Waals surface area contributed by atoms with E-state index in [-0.39, 0.29) is 5.56 Å². The van der Waals surface area contributed by atoms with Gasteiger partial charge in [0.15, 0.2) is 11.6 Å². The van der Waals surface area contributed by atoms with Crippen molar-refractivity contribution in [1.29, 1.82) is 0 Å². The van der Waals surface area contributed by atoms with Gasteiger partial charge in [-0.15, -0.1) is 0 Å². The Morgan fingerprint density at radius 1 is 0.857 bits per heavy atom. The summed E-state index contributed by atoms with van der Waals surface area (Å²) in [7, 11) is 0. The second kappa shape index (κ2) is 6.23. The van der Waals surface area contributed by atoms with Crippen molar-refractivity contribution < 1.29 is 13.2 Å². The Morgan fingerprint density at radius 3 is 2.57 bits per heavy atom. The summed E-state index contributed by atoms with van der Waals surface area (Å²) in [6.07, 6.45) is 1.58. The summed E-state index contributed by atoms with van der Waals surface area (Å²) >= 11 is 0. The molecule has 0 fully saturated rings. The fraction of sp³-hybridized carbons (Fsp3) is 0.0435. The van der Waals surface area contributed by atoms with Crippen LogP contribution in [0, 0.1) is 18.6 Å². The van der Waals surface area contributed by atoms with Gasteiger partial charge in [0.05, 0.1) is 5.69 Å². The average Bonchev–Trinajstić information content (AvgIpc) is 3.07. The normalized spacial score (nSPS) is 11.4. The molecule has 2 aromatic carbocycles. The van der Waals surface area contributed by atoms with E-state index in [9.17, 15) is 8.78 Å². The zero-order valence-corrected chi connectivity index (χ0v) is 14.9. The molecule has 0 aliphatic rings. The maximum absolute atomic E-state index is 14.2. The Morgan fingerprint density at radius 2 is 1.68 bits per heavy atom. The van der Waals surface area contributed by atoms with Gasteiger partial charge in [0.25, 0.3) is 0 Å². The summed E-state index contributed by atoms with van der Waals surface area (Å²) in [5.41, 5.74) is 4.22. The SMILES string of the molecule is Cc1ccc2c(n1)oc1c(-c3cc(-c4cccc(F)c4F)ccn3)cccc12. The average molecular weight is 372 g/mol. The number of halogens is 2. The van der Waals surface area contributed by atoms with Crippen molar-refractivity contribution in [2.45, 2.75) is 6.92 Å². The Labute approximate surface area is 159 Å². The molecule has 0 bridgehead atoms. The van der Waals surface area contributed by atoms with Crippen LogP contribution >= 0.6 is 0 Å². The lowest BCUT2D eigenvalue weighted by Crippen LogP contribution is -1.91. The van der Waals surface area contributed by atoms with E-state index >= 15 is 0 Å². The third-order valence-electron chi connectivity index (χ3n) is 4.80. The number of aromatic nitrogens is 2. The number of fused-ring (bicyclic) bond motifs is 3. The van der Waals surface area contributed by atoms with Crippen molar-refractivity contribution in [3.63, 3.8) is 0 Å². The van der Waals surface area contributed by atoms with Gasteiger partial charge >= 0.3 is 0 Å². The van der Waals surface area contributed by atoms with Gasteiger partial charge in [0.1, 0.15) is 5.58 Å². The Bertz CT molecular complexity index is 1360. The summed E-state index contributed by atoms with van der Waals surface area (Å²) < 4.78 is 33.9. The molecule has 136 valence electrons. The van der Waals surface area contributed by atoms with Crippen LogP contribution in [0.3, 0.4) is 0 Å². The van der Waals surface area contributed by atoms with Gasteiger partial charge in [-0.2, -0.15) is 0 Å². The summed E-state index contributed by atoms with van der Waals surface area (Å²) in [5, 5.41) is 1.86. The quantitative estimate of drug-likeness (QED) is 0.365. The fourth-order valence-electron chi connectivity index (χ4n) is 3.45. The minimum atomic E-state index is -0.878. The van der Waals surface area contributed by atoms with E-state index in [0.717, 1.165) is 28.1 Å². The summed E-state index contributed by atoms with van der Waals surface area (Å²) in [6.45, 7) is 1.91. The van der Waals surface area contributed by atoms with Crippen molar-refractivity contribution in [2.24, 2.45) is 0 Å². The second-order valence-electron chi connectivity index (χ2n) is 6.62. The molecule has 0 saturated carbocycles. The van der Waals surface area contributed by atoms with Crippen LogP contribution in [0.4, 0.5) is 8.78 Å². The van der Waals surface area contributed by atoms with Crippen LogP contribution < -0.4 is 0 Å². The highest BCUT2D eigenvalue weighted by Crippen LogP contribution is 2.35. The van der Waals surface area contributed by atoms with E-state index in [1.54, 1.807) is 24.4 Å². The lowest BCUT2D eigenvalue weighted by molar-refractivity contribution is 0.511. The summed E-state index contributed by atoms with van der Waals surface area (Å²) in [6, 6.07) is 17.2. The second-order valence-corrected chi connectivity index (χ2v) is 6.62. The lowest BCUT2D eigenvalue weighted by Gasteiger charge is -2.07. The number of para-hydroxylation sites is 1. The monoisotopic (exact) mass is 372 g/mol. The number of nitrogens with zero attached hydrogens (tertiary/aromatic N) is 2. The van der Waals surface area contributed by atoms with E-state index in [0.29, 0.717) is 22.6 Å². The van der Waals surface area contributed by atoms with E-state index in [1.165, 1.54) is 6.07 Å². The smallest absolute Gasteiger partial charge is 0.227 e. The number of furan rings is 1. The van der Waals surface area contributed by atoms with Crippen molar-refractivity contribution in [3.05, 3.63) is 84.2 Å². The molecule has 3 heterocycles. The van der Waals surface area contributed by atoms with E-state index in [4.69, 9.17) is 4.42 Å². The van der Waals surface area contributed by atoms with Crippen molar-refractivity contribution >= 4 is 22.1 Å². The third kappa shape index (κ3) is 2.55. The van der Waals surface area contributed by atoms with Gasteiger partial charge in [0, 0.05) is 33.8 Å². The Hall–Kier alpha value is -3.60. The third-order valence-corrected chi connectivity index (χ3v) is 4.80. The van der Waals surface area contributed by atoms with Gasteiger partial charge in [-0.3, -0.25) is 4.98 Å². The first-order valence-corrected chi connectivity index (χ1v) is 8.81. The Balaban J connectivity index is 1.73. The first-order valence-electron chi connectivity index (χ1n) is 8.81. The highest BCUT2D eigenvalue weighted by atomic mass is 19.2. The molecular formula is C23H14F2N2O. The number of benzene rings is 2. The minimum absolute atomic E-state index is 0.192. The topological polar surface area (TPSA) is 38.9 Å². The van der Waals surface area contributed by atoms with Crippen molar-refractivity contribution in [1.82, 2.24) is 9.97 Å². The van der Waals surface area contributed by atoms with Crippen LogP contribution in [0.1, 0.15) is 5.69 Å². The number of hydrogen-bond acceptors (Lipinski definition) is 3. The van der Waals surface area contributed by atoms with Crippen LogP contribution in [0.25, 0.3) is 44.5 Å². The van der Waals surface area contributed by atoms with Crippen LogP contribution in [0.5, 0.6) is 0 Å². The molecule has 5 aromatic rings. The largest absolute Gasteiger partial charge is 0.437 e. The molecule has 0 atom stereocenters. The van der Waals surface area contributed by atoms with Crippen LogP contribution in [0.2, 0.25) is 0 Å². The predicted molar refractivity (Wildman–Crippen MR) is 105 cm³/mol. The van der Waals surface area contributed by atoms with E-state index in [1.807, 2.05) is 37.3 Å². The first-order chi connectivity index (χ1) is 13.6. The molecule has 5 heteroatoms. The van der Waals surface area contributed by atoms with Crippen molar-refractivity contribution in [2.75, 3.05) is 0 Å². The Kier molecular flexibility index (Phi) is 3.69. The predicted octanol–water partition coefficient (Wildman–Crippen LogP) is 6.30. The molecule has 0 saturated heterocycles. The molecule has 0 aliphatic heterocycles.